The molecule has 1 aromatic carbocycles. The van der Waals surface area contributed by atoms with Gasteiger partial charge in [-0.1, -0.05) is 19.1 Å². The first-order chi connectivity index (χ1) is 13.7. The van der Waals surface area contributed by atoms with Crippen LogP contribution in [0.15, 0.2) is 28.7 Å². The Morgan fingerprint density at radius 1 is 1.18 bits per heavy atom. The Balaban J connectivity index is 1.50. The lowest BCUT2D eigenvalue weighted by Gasteiger charge is -2.25. The van der Waals surface area contributed by atoms with Gasteiger partial charge in [-0.05, 0) is 30.8 Å². The smallest absolute Gasteiger partial charge is 0.288 e. The second-order valence-corrected chi connectivity index (χ2v) is 6.98. The molecule has 0 aliphatic carbocycles. The van der Waals surface area contributed by atoms with E-state index in [2.05, 4.69) is 26.9 Å². The molecule has 0 atom stereocenters. The van der Waals surface area contributed by atoms with E-state index < -0.39 is 0 Å². The van der Waals surface area contributed by atoms with Gasteiger partial charge in [0.2, 0.25) is 5.88 Å². The van der Waals surface area contributed by atoms with Crippen molar-refractivity contribution >= 4 is 23.1 Å². The van der Waals surface area contributed by atoms with Crippen molar-refractivity contribution in [2.24, 2.45) is 0 Å². The molecule has 3 aromatic rings. The predicted molar refractivity (Wildman–Crippen MR) is 106 cm³/mol. The number of hydrogen-bond acceptors (Lipinski definition) is 8. The summed E-state index contributed by atoms with van der Waals surface area (Å²) in [5.41, 5.74) is 0.870. The average molecular weight is 401 g/mol. The van der Waals surface area contributed by atoms with Crippen LogP contribution in [-0.2, 0) is 24.4 Å². The number of fused-ring (bicyclic) bond motifs is 1. The van der Waals surface area contributed by atoms with Gasteiger partial charge in [-0.2, -0.15) is 4.98 Å². The van der Waals surface area contributed by atoms with Crippen molar-refractivity contribution in [2.75, 3.05) is 26.3 Å². The molecule has 1 saturated heterocycles. The summed E-state index contributed by atoms with van der Waals surface area (Å²) in [6, 6.07) is 7.82. The van der Waals surface area contributed by atoms with Gasteiger partial charge in [0.15, 0.2) is 6.61 Å². The van der Waals surface area contributed by atoms with Gasteiger partial charge in [-0.25, -0.2) is 9.67 Å². The van der Waals surface area contributed by atoms with E-state index in [-0.39, 0.29) is 6.61 Å². The van der Waals surface area contributed by atoms with Crippen LogP contribution < -0.4 is 4.74 Å². The molecular weight excluding hydrogens is 378 g/mol. The Labute approximate surface area is 168 Å². The van der Waals surface area contributed by atoms with Crippen molar-refractivity contribution in [1.29, 1.82) is 0 Å². The van der Waals surface area contributed by atoms with Gasteiger partial charge in [0, 0.05) is 19.5 Å². The third-order valence-corrected chi connectivity index (χ3v) is 4.80. The van der Waals surface area contributed by atoms with E-state index in [0.717, 1.165) is 55.9 Å². The molecule has 0 amide bonds. The molecule has 1 aliphatic heterocycles. The minimum Gasteiger partial charge on any atom is -0.467 e. The maximum absolute atomic E-state index is 5.95. The summed E-state index contributed by atoms with van der Waals surface area (Å²) >= 11 is 5.30. The highest BCUT2D eigenvalue weighted by Gasteiger charge is 2.15. The predicted octanol–water partition coefficient (Wildman–Crippen LogP) is 2.97. The SMILES string of the molecule is CCCc1nc(OCc2nn(CN3CCOCC3)c(=S)o2)c2ccccc2n1. The maximum Gasteiger partial charge on any atom is 0.288 e. The van der Waals surface area contributed by atoms with E-state index >= 15 is 0 Å². The van der Waals surface area contributed by atoms with Crippen molar-refractivity contribution < 1.29 is 13.9 Å². The quantitative estimate of drug-likeness (QED) is 0.559. The Morgan fingerprint density at radius 3 is 2.82 bits per heavy atom. The third-order valence-electron chi connectivity index (χ3n) is 4.51. The number of para-hydroxylation sites is 1. The summed E-state index contributed by atoms with van der Waals surface area (Å²) in [4.78, 5) is 11.7. The van der Waals surface area contributed by atoms with E-state index in [1.807, 2.05) is 24.3 Å². The van der Waals surface area contributed by atoms with Crippen molar-refractivity contribution in [3.05, 3.63) is 40.8 Å². The van der Waals surface area contributed by atoms with Gasteiger partial charge in [0.1, 0.15) is 5.82 Å². The lowest BCUT2D eigenvalue weighted by molar-refractivity contribution is 0.0206. The molecular formula is C19H23N5O3S. The molecule has 0 unspecified atom stereocenters. The number of hydrogen-bond donors (Lipinski definition) is 0. The zero-order valence-corrected chi connectivity index (χ0v) is 16.7. The van der Waals surface area contributed by atoms with Crippen LogP contribution in [0.25, 0.3) is 10.9 Å². The molecule has 0 radical (unpaired) electrons. The number of nitrogens with zero attached hydrogens (tertiary/aromatic N) is 5. The maximum atomic E-state index is 5.95. The van der Waals surface area contributed by atoms with Crippen LogP contribution in [0.4, 0.5) is 0 Å². The monoisotopic (exact) mass is 401 g/mol. The Morgan fingerprint density at radius 2 is 2.00 bits per heavy atom. The van der Waals surface area contributed by atoms with Crippen LogP contribution in [0.3, 0.4) is 0 Å². The van der Waals surface area contributed by atoms with E-state index in [4.69, 9.17) is 26.1 Å². The first-order valence-corrected chi connectivity index (χ1v) is 9.89. The fourth-order valence-corrected chi connectivity index (χ4v) is 3.29. The number of benzene rings is 1. The standard InChI is InChI=1S/C19H23N5O3S/c1-2-5-16-20-15-7-4-3-6-14(15)18(21-16)26-12-17-22-24(19(28)27-17)13-23-8-10-25-11-9-23/h3-4,6-7H,2,5,8-13H2,1H3. The van der Waals surface area contributed by atoms with Gasteiger partial charge >= 0.3 is 0 Å². The molecule has 1 aliphatic rings. The Hall–Kier alpha value is -2.36. The highest BCUT2D eigenvalue weighted by Crippen LogP contribution is 2.23. The molecule has 148 valence electrons. The summed E-state index contributed by atoms with van der Waals surface area (Å²) in [5.74, 6) is 1.74. The lowest BCUT2D eigenvalue weighted by atomic mass is 10.2. The van der Waals surface area contributed by atoms with Crippen LogP contribution in [0.2, 0.25) is 0 Å². The van der Waals surface area contributed by atoms with Crippen LogP contribution >= 0.6 is 12.2 Å². The molecule has 8 nitrogen and oxygen atoms in total. The first kappa shape index (κ1) is 19.0. The molecule has 9 heteroatoms. The number of rotatable bonds is 7. The number of ether oxygens (including phenoxy) is 2. The van der Waals surface area contributed by atoms with Gasteiger partial charge in [-0.15, -0.1) is 5.10 Å². The van der Waals surface area contributed by atoms with Crippen LogP contribution in [0.1, 0.15) is 25.1 Å². The molecule has 0 bridgehead atoms. The average Bonchev–Trinajstić information content (AvgIpc) is 3.06. The van der Waals surface area contributed by atoms with Gasteiger partial charge in [0.25, 0.3) is 10.7 Å². The van der Waals surface area contributed by atoms with Gasteiger partial charge in [0.05, 0.1) is 30.8 Å². The summed E-state index contributed by atoms with van der Waals surface area (Å²) in [6.45, 7) is 6.00. The molecule has 0 saturated carbocycles. The van der Waals surface area contributed by atoms with E-state index in [1.54, 1.807) is 4.68 Å². The first-order valence-electron chi connectivity index (χ1n) is 9.48. The number of aromatic nitrogens is 4. The molecule has 2 aromatic heterocycles. The second-order valence-electron chi connectivity index (χ2n) is 6.63. The molecule has 28 heavy (non-hydrogen) atoms. The fraction of sp³-hybridized carbons (Fsp3) is 0.474. The highest BCUT2D eigenvalue weighted by molar-refractivity contribution is 7.71. The van der Waals surface area contributed by atoms with Crippen molar-refractivity contribution in [3.63, 3.8) is 0 Å². The number of aryl methyl sites for hydroxylation is 1. The minimum absolute atomic E-state index is 0.159. The largest absolute Gasteiger partial charge is 0.467 e. The zero-order chi connectivity index (χ0) is 19.3. The molecule has 1 fully saturated rings. The zero-order valence-electron chi connectivity index (χ0n) is 15.8. The van der Waals surface area contributed by atoms with Crippen LogP contribution in [0.5, 0.6) is 5.88 Å². The topological polar surface area (TPSA) is 78.4 Å². The summed E-state index contributed by atoms with van der Waals surface area (Å²) in [7, 11) is 0. The van der Waals surface area contributed by atoms with E-state index in [9.17, 15) is 0 Å². The third kappa shape index (κ3) is 4.37. The molecule has 4 rings (SSSR count). The van der Waals surface area contributed by atoms with Crippen LogP contribution in [-0.4, -0.2) is 51.0 Å². The molecule has 0 N–H and O–H groups in total. The second kappa shape index (κ2) is 8.76. The van der Waals surface area contributed by atoms with Crippen molar-refractivity contribution in [3.8, 4) is 5.88 Å². The molecule has 3 heterocycles. The Bertz CT molecular complexity index is 997. The van der Waals surface area contributed by atoms with Crippen molar-refractivity contribution in [1.82, 2.24) is 24.6 Å². The molecule has 0 spiro atoms. The van der Waals surface area contributed by atoms with Gasteiger partial charge < -0.3 is 13.9 Å². The fourth-order valence-electron chi connectivity index (χ4n) is 3.10. The van der Waals surface area contributed by atoms with Crippen LogP contribution in [0, 0.1) is 4.84 Å². The summed E-state index contributed by atoms with van der Waals surface area (Å²) in [6.07, 6.45) is 1.77. The lowest BCUT2D eigenvalue weighted by Crippen LogP contribution is -2.37. The normalized spacial score (nSPS) is 15.2. The Kier molecular flexibility index (Phi) is 5.94. The van der Waals surface area contributed by atoms with Crippen molar-refractivity contribution in [2.45, 2.75) is 33.0 Å². The van der Waals surface area contributed by atoms with E-state index in [1.165, 1.54) is 0 Å². The highest BCUT2D eigenvalue weighted by atomic mass is 32.1. The summed E-state index contributed by atoms with van der Waals surface area (Å²) < 4.78 is 18.6. The van der Waals surface area contributed by atoms with Gasteiger partial charge in [-0.3, -0.25) is 4.90 Å². The number of morpholine rings is 1. The minimum atomic E-state index is 0.159. The summed E-state index contributed by atoms with van der Waals surface area (Å²) in [5, 5.41) is 5.32. The van der Waals surface area contributed by atoms with E-state index in [0.29, 0.717) is 23.3 Å².